The molecule has 0 unspecified atom stereocenters. The second-order valence-electron chi connectivity index (χ2n) is 8.86. The zero-order valence-electron chi connectivity index (χ0n) is 21.3. The van der Waals surface area contributed by atoms with Gasteiger partial charge in [-0.2, -0.15) is 0 Å². The van der Waals surface area contributed by atoms with E-state index in [9.17, 15) is 9.59 Å². The molecule has 1 aliphatic carbocycles. The van der Waals surface area contributed by atoms with Gasteiger partial charge in [0.15, 0.2) is 0 Å². The summed E-state index contributed by atoms with van der Waals surface area (Å²) in [5.41, 5.74) is 4.78. The van der Waals surface area contributed by atoms with Crippen molar-refractivity contribution in [3.05, 3.63) is 59.7 Å². The number of nitrogens with one attached hydrogen (secondary N) is 1. The Hall–Kier alpha value is -2.90. The molecule has 0 saturated carbocycles. The number of benzene rings is 2. The highest BCUT2D eigenvalue weighted by Gasteiger charge is 2.28. The Labute approximate surface area is 214 Å². The minimum Gasteiger partial charge on any atom is -0.463 e. The molecule has 7 heteroatoms. The lowest BCUT2D eigenvalue weighted by molar-refractivity contribution is -0.145. The molecule has 0 atom stereocenters. The highest BCUT2D eigenvalue weighted by Crippen LogP contribution is 2.44. The fourth-order valence-electron chi connectivity index (χ4n) is 4.36. The molecular weight excluding hydrogens is 458 g/mol. The predicted molar refractivity (Wildman–Crippen MR) is 139 cm³/mol. The van der Waals surface area contributed by atoms with E-state index in [0.29, 0.717) is 39.4 Å². The minimum absolute atomic E-state index is 0.0432. The summed E-state index contributed by atoms with van der Waals surface area (Å²) in [6.07, 6.45) is 5.57. The van der Waals surface area contributed by atoms with Gasteiger partial charge in [0, 0.05) is 18.9 Å². The first-order chi connectivity index (χ1) is 17.7. The average molecular weight is 498 g/mol. The predicted octanol–water partition coefficient (Wildman–Crippen LogP) is 5.46. The van der Waals surface area contributed by atoms with E-state index in [1.807, 2.05) is 24.3 Å². The topological polar surface area (TPSA) is 83.1 Å². The number of carbonyl (C=O) groups excluding carboxylic acids is 2. The lowest BCUT2D eigenvalue weighted by Gasteiger charge is -2.14. The quantitative estimate of drug-likeness (QED) is 0.231. The van der Waals surface area contributed by atoms with E-state index in [1.165, 1.54) is 41.5 Å². The summed E-state index contributed by atoms with van der Waals surface area (Å²) in [4.78, 5) is 23.8. The number of hydrogen-bond acceptors (Lipinski definition) is 6. The van der Waals surface area contributed by atoms with Crippen molar-refractivity contribution in [1.82, 2.24) is 5.32 Å². The molecule has 2 aromatic carbocycles. The number of alkyl carbamates (subject to hydrolysis) is 1. The van der Waals surface area contributed by atoms with Crippen LogP contribution in [0.2, 0.25) is 0 Å². The average Bonchev–Trinajstić information content (AvgIpc) is 3.22. The van der Waals surface area contributed by atoms with Crippen molar-refractivity contribution in [3.63, 3.8) is 0 Å². The summed E-state index contributed by atoms with van der Waals surface area (Å²) in [6, 6.07) is 16.5. The summed E-state index contributed by atoms with van der Waals surface area (Å²) in [6.45, 7) is 4.59. The van der Waals surface area contributed by atoms with Crippen LogP contribution in [0.1, 0.15) is 62.5 Å². The maximum Gasteiger partial charge on any atom is 0.407 e. The second-order valence-corrected chi connectivity index (χ2v) is 8.86. The standard InChI is InChI=1S/C29H39NO6/c1-2-3-4-5-6-15-28(31)35-21-20-34-19-18-33-17-16-30-29(32)36-22-27-25-13-9-7-11-23(25)24-12-8-10-14-26(24)27/h7-14,27H,2-6,15-22H2,1H3,(H,30,32). The van der Waals surface area contributed by atoms with Crippen molar-refractivity contribution in [2.24, 2.45) is 0 Å². The number of ether oxygens (including phenoxy) is 4. The largest absolute Gasteiger partial charge is 0.463 e. The normalized spacial score (nSPS) is 12.1. The van der Waals surface area contributed by atoms with Crippen molar-refractivity contribution in [3.8, 4) is 11.1 Å². The van der Waals surface area contributed by atoms with Crippen molar-refractivity contribution in [1.29, 1.82) is 0 Å². The first-order valence-corrected chi connectivity index (χ1v) is 13.1. The Morgan fingerprint density at radius 3 is 2.06 bits per heavy atom. The number of esters is 1. The molecule has 0 radical (unpaired) electrons. The number of unbranched alkanes of at least 4 members (excludes halogenated alkanes) is 4. The number of rotatable bonds is 17. The van der Waals surface area contributed by atoms with Crippen LogP contribution in [0.5, 0.6) is 0 Å². The van der Waals surface area contributed by atoms with Crippen LogP contribution in [0.15, 0.2) is 48.5 Å². The number of fused-ring (bicyclic) bond motifs is 3. The molecule has 2 aromatic rings. The van der Waals surface area contributed by atoms with Crippen LogP contribution in [0.3, 0.4) is 0 Å². The fourth-order valence-corrected chi connectivity index (χ4v) is 4.36. The molecule has 0 saturated heterocycles. The van der Waals surface area contributed by atoms with Gasteiger partial charge in [0.05, 0.1) is 26.4 Å². The lowest BCUT2D eigenvalue weighted by Crippen LogP contribution is -2.29. The van der Waals surface area contributed by atoms with Crippen LogP contribution in [0.25, 0.3) is 11.1 Å². The van der Waals surface area contributed by atoms with E-state index in [4.69, 9.17) is 18.9 Å². The molecule has 3 rings (SSSR count). The van der Waals surface area contributed by atoms with Gasteiger partial charge >= 0.3 is 12.1 Å². The SMILES string of the molecule is CCCCCCCC(=O)OCCOCCOCCNC(=O)OCC1c2ccccc2-c2ccccc21. The molecule has 0 spiro atoms. The van der Waals surface area contributed by atoms with E-state index >= 15 is 0 Å². The molecule has 0 heterocycles. The third kappa shape index (κ3) is 8.95. The van der Waals surface area contributed by atoms with E-state index < -0.39 is 6.09 Å². The third-order valence-electron chi connectivity index (χ3n) is 6.21. The van der Waals surface area contributed by atoms with Gasteiger partial charge in [-0.3, -0.25) is 4.79 Å². The number of amides is 1. The molecule has 0 aromatic heterocycles. The van der Waals surface area contributed by atoms with Gasteiger partial charge in [-0.25, -0.2) is 4.79 Å². The number of hydrogen-bond donors (Lipinski definition) is 1. The van der Waals surface area contributed by atoms with Crippen LogP contribution < -0.4 is 5.32 Å². The maximum absolute atomic E-state index is 12.1. The number of carbonyl (C=O) groups is 2. The molecule has 0 fully saturated rings. The van der Waals surface area contributed by atoms with Crippen molar-refractivity contribution >= 4 is 12.1 Å². The zero-order chi connectivity index (χ0) is 25.4. The maximum atomic E-state index is 12.1. The Bertz CT molecular complexity index is 901. The van der Waals surface area contributed by atoms with Crippen LogP contribution >= 0.6 is 0 Å². The smallest absolute Gasteiger partial charge is 0.407 e. The summed E-state index contributed by atoms with van der Waals surface area (Å²) in [5, 5.41) is 2.72. The van der Waals surface area contributed by atoms with Gasteiger partial charge in [0.25, 0.3) is 0 Å². The fraction of sp³-hybridized carbons (Fsp3) is 0.517. The van der Waals surface area contributed by atoms with E-state index in [-0.39, 0.29) is 25.1 Å². The minimum atomic E-state index is -0.455. The molecular formula is C29H39NO6. The Morgan fingerprint density at radius 2 is 1.36 bits per heavy atom. The van der Waals surface area contributed by atoms with Gasteiger partial charge in [-0.05, 0) is 28.7 Å². The van der Waals surface area contributed by atoms with Crippen LogP contribution in [-0.4, -0.2) is 58.2 Å². The zero-order valence-corrected chi connectivity index (χ0v) is 21.3. The monoisotopic (exact) mass is 497 g/mol. The van der Waals surface area contributed by atoms with Gasteiger partial charge < -0.3 is 24.3 Å². The van der Waals surface area contributed by atoms with Crippen LogP contribution in [0, 0.1) is 0 Å². The molecule has 0 aliphatic heterocycles. The Kier molecular flexibility index (Phi) is 12.3. The van der Waals surface area contributed by atoms with Crippen LogP contribution in [-0.2, 0) is 23.7 Å². The van der Waals surface area contributed by atoms with Crippen molar-refractivity contribution in [2.45, 2.75) is 51.4 Å². The molecule has 1 amide bonds. The summed E-state index contributed by atoms with van der Waals surface area (Å²) >= 11 is 0. The summed E-state index contributed by atoms with van der Waals surface area (Å²) < 4.78 is 21.5. The summed E-state index contributed by atoms with van der Waals surface area (Å²) in [7, 11) is 0. The lowest BCUT2D eigenvalue weighted by atomic mass is 9.98. The Balaban J connectivity index is 1.17. The van der Waals surface area contributed by atoms with Gasteiger partial charge in [-0.1, -0.05) is 81.1 Å². The third-order valence-corrected chi connectivity index (χ3v) is 6.21. The highest BCUT2D eigenvalue weighted by molar-refractivity contribution is 5.79. The molecule has 196 valence electrons. The molecule has 0 bridgehead atoms. The summed E-state index contributed by atoms with van der Waals surface area (Å²) in [5.74, 6) is -0.118. The second kappa shape index (κ2) is 16.0. The first-order valence-electron chi connectivity index (χ1n) is 13.1. The van der Waals surface area contributed by atoms with E-state index in [0.717, 1.165) is 12.8 Å². The van der Waals surface area contributed by atoms with Crippen molar-refractivity contribution < 1.29 is 28.5 Å². The van der Waals surface area contributed by atoms with Gasteiger partial charge in [0.1, 0.15) is 13.2 Å². The molecule has 36 heavy (non-hydrogen) atoms. The highest BCUT2D eigenvalue weighted by atomic mass is 16.6. The van der Waals surface area contributed by atoms with Crippen LogP contribution in [0.4, 0.5) is 4.79 Å². The van der Waals surface area contributed by atoms with Gasteiger partial charge in [-0.15, -0.1) is 0 Å². The first kappa shape index (κ1) is 27.7. The molecule has 1 aliphatic rings. The van der Waals surface area contributed by atoms with Gasteiger partial charge in [0.2, 0.25) is 0 Å². The molecule has 7 nitrogen and oxygen atoms in total. The Morgan fingerprint density at radius 1 is 0.750 bits per heavy atom. The molecule has 1 N–H and O–H groups in total. The van der Waals surface area contributed by atoms with Crippen molar-refractivity contribution in [2.75, 3.05) is 46.2 Å². The van der Waals surface area contributed by atoms with E-state index in [1.54, 1.807) is 0 Å². The van der Waals surface area contributed by atoms with E-state index in [2.05, 4.69) is 36.5 Å².